The summed E-state index contributed by atoms with van der Waals surface area (Å²) in [7, 11) is 1.73. The molecule has 94 valence electrons. The van der Waals surface area contributed by atoms with Crippen molar-refractivity contribution < 1.29 is 4.74 Å². The molecular weight excluding hydrogens is 210 g/mol. The molecule has 1 aliphatic heterocycles. The average molecular weight is 233 g/mol. The molecule has 2 rings (SSSR count). The van der Waals surface area contributed by atoms with E-state index in [9.17, 15) is 0 Å². The standard InChI is InChI=1S/C15H23NO/c1-11-10-14(4-5-15(11)17-3)12(2)13-6-8-16-9-7-13/h4-5,10,12-13,16H,6-9H2,1-3H3. The largest absolute Gasteiger partial charge is 0.496 e. The third-order valence-electron chi connectivity index (χ3n) is 4.04. The van der Waals surface area contributed by atoms with E-state index in [0.29, 0.717) is 5.92 Å². The number of ether oxygens (including phenoxy) is 1. The lowest BCUT2D eigenvalue weighted by molar-refractivity contribution is 0.330. The number of nitrogens with one attached hydrogen (secondary N) is 1. The average Bonchev–Trinajstić information content (AvgIpc) is 2.39. The van der Waals surface area contributed by atoms with E-state index < -0.39 is 0 Å². The summed E-state index contributed by atoms with van der Waals surface area (Å²) >= 11 is 0. The zero-order valence-corrected chi connectivity index (χ0v) is 11.1. The van der Waals surface area contributed by atoms with Gasteiger partial charge in [-0.3, -0.25) is 0 Å². The minimum absolute atomic E-state index is 0.654. The van der Waals surface area contributed by atoms with Gasteiger partial charge < -0.3 is 10.1 Å². The van der Waals surface area contributed by atoms with Crippen LogP contribution in [0.4, 0.5) is 0 Å². The van der Waals surface area contributed by atoms with Gasteiger partial charge >= 0.3 is 0 Å². The van der Waals surface area contributed by atoms with Crippen molar-refractivity contribution in [3.63, 3.8) is 0 Å². The van der Waals surface area contributed by atoms with Crippen molar-refractivity contribution in [1.82, 2.24) is 5.32 Å². The molecule has 1 aromatic carbocycles. The summed E-state index contributed by atoms with van der Waals surface area (Å²) in [4.78, 5) is 0. The molecule has 1 aromatic rings. The number of piperidine rings is 1. The molecule has 0 bridgehead atoms. The van der Waals surface area contributed by atoms with Crippen LogP contribution >= 0.6 is 0 Å². The molecule has 0 spiro atoms. The van der Waals surface area contributed by atoms with Gasteiger partial charge in [0.1, 0.15) is 5.75 Å². The van der Waals surface area contributed by atoms with Gasteiger partial charge in [0.05, 0.1) is 7.11 Å². The summed E-state index contributed by atoms with van der Waals surface area (Å²) < 4.78 is 5.32. The quantitative estimate of drug-likeness (QED) is 0.866. The lowest BCUT2D eigenvalue weighted by Gasteiger charge is -2.28. The first kappa shape index (κ1) is 12.4. The molecule has 1 aliphatic rings. The second-order valence-corrected chi connectivity index (χ2v) is 5.11. The van der Waals surface area contributed by atoms with Gasteiger partial charge in [-0.05, 0) is 61.9 Å². The molecule has 1 fully saturated rings. The molecule has 0 aliphatic carbocycles. The Bertz CT molecular complexity index is 369. The fourth-order valence-corrected chi connectivity index (χ4v) is 2.80. The summed E-state index contributed by atoms with van der Waals surface area (Å²) in [5.74, 6) is 2.47. The minimum Gasteiger partial charge on any atom is -0.496 e. The molecule has 2 heteroatoms. The van der Waals surface area contributed by atoms with E-state index in [1.807, 2.05) is 0 Å². The lowest BCUT2D eigenvalue weighted by Crippen LogP contribution is -2.30. The monoisotopic (exact) mass is 233 g/mol. The number of rotatable bonds is 3. The summed E-state index contributed by atoms with van der Waals surface area (Å²) in [5.41, 5.74) is 2.70. The Morgan fingerprint density at radius 3 is 2.59 bits per heavy atom. The van der Waals surface area contributed by atoms with Gasteiger partial charge in [0, 0.05) is 0 Å². The molecule has 0 saturated carbocycles. The van der Waals surface area contributed by atoms with Crippen LogP contribution in [0.1, 0.15) is 36.8 Å². The first-order valence-corrected chi connectivity index (χ1v) is 6.57. The number of methoxy groups -OCH3 is 1. The minimum atomic E-state index is 0.654. The maximum absolute atomic E-state index is 5.32. The lowest BCUT2D eigenvalue weighted by atomic mass is 9.81. The van der Waals surface area contributed by atoms with E-state index in [0.717, 1.165) is 11.7 Å². The van der Waals surface area contributed by atoms with Gasteiger partial charge in [-0.2, -0.15) is 0 Å². The molecule has 0 amide bonds. The third-order valence-corrected chi connectivity index (χ3v) is 4.04. The van der Waals surface area contributed by atoms with E-state index in [1.165, 1.54) is 37.1 Å². The number of hydrogen-bond acceptors (Lipinski definition) is 2. The van der Waals surface area contributed by atoms with Crippen LogP contribution < -0.4 is 10.1 Å². The second-order valence-electron chi connectivity index (χ2n) is 5.11. The normalized spacial score (nSPS) is 19.0. The topological polar surface area (TPSA) is 21.3 Å². The van der Waals surface area contributed by atoms with E-state index >= 15 is 0 Å². The maximum Gasteiger partial charge on any atom is 0.121 e. The number of benzene rings is 1. The third kappa shape index (κ3) is 2.81. The zero-order chi connectivity index (χ0) is 12.3. The predicted molar refractivity (Wildman–Crippen MR) is 71.7 cm³/mol. The molecule has 1 unspecified atom stereocenters. The van der Waals surface area contributed by atoms with Crippen LogP contribution in [-0.2, 0) is 0 Å². The van der Waals surface area contributed by atoms with Crippen LogP contribution in [0, 0.1) is 12.8 Å². The van der Waals surface area contributed by atoms with E-state index in [2.05, 4.69) is 37.4 Å². The first-order valence-electron chi connectivity index (χ1n) is 6.57. The first-order chi connectivity index (χ1) is 8.22. The fourth-order valence-electron chi connectivity index (χ4n) is 2.80. The Morgan fingerprint density at radius 1 is 1.29 bits per heavy atom. The molecule has 2 nitrogen and oxygen atoms in total. The van der Waals surface area contributed by atoms with Crippen LogP contribution in [0.15, 0.2) is 18.2 Å². The Kier molecular flexibility index (Phi) is 4.06. The highest BCUT2D eigenvalue weighted by Gasteiger charge is 2.21. The SMILES string of the molecule is COc1ccc(C(C)C2CCNCC2)cc1C. The molecule has 0 aromatic heterocycles. The highest BCUT2D eigenvalue weighted by molar-refractivity contribution is 5.37. The molecule has 1 atom stereocenters. The highest BCUT2D eigenvalue weighted by atomic mass is 16.5. The summed E-state index contributed by atoms with van der Waals surface area (Å²) in [5, 5.41) is 3.43. The van der Waals surface area contributed by atoms with Crippen molar-refractivity contribution >= 4 is 0 Å². The summed E-state index contributed by atoms with van der Waals surface area (Å²) in [6, 6.07) is 6.60. The van der Waals surface area contributed by atoms with E-state index in [1.54, 1.807) is 7.11 Å². The summed E-state index contributed by atoms with van der Waals surface area (Å²) in [6.45, 7) is 6.82. The zero-order valence-electron chi connectivity index (χ0n) is 11.1. The van der Waals surface area contributed by atoms with Gasteiger partial charge in [0.25, 0.3) is 0 Å². The van der Waals surface area contributed by atoms with Crippen molar-refractivity contribution in [3.05, 3.63) is 29.3 Å². The second kappa shape index (κ2) is 5.54. The van der Waals surface area contributed by atoms with Gasteiger partial charge in [-0.15, -0.1) is 0 Å². The van der Waals surface area contributed by atoms with Gasteiger partial charge in [-0.25, -0.2) is 0 Å². The Labute approximate surface area is 104 Å². The van der Waals surface area contributed by atoms with Crippen molar-refractivity contribution in [2.24, 2.45) is 5.92 Å². The van der Waals surface area contributed by atoms with Crippen LogP contribution in [0.25, 0.3) is 0 Å². The van der Waals surface area contributed by atoms with Crippen LogP contribution in [0.2, 0.25) is 0 Å². The molecule has 17 heavy (non-hydrogen) atoms. The van der Waals surface area contributed by atoms with Crippen molar-refractivity contribution in [3.8, 4) is 5.75 Å². The Morgan fingerprint density at radius 2 is 2.00 bits per heavy atom. The smallest absolute Gasteiger partial charge is 0.121 e. The molecule has 1 heterocycles. The molecule has 1 N–H and O–H groups in total. The molecule has 1 saturated heterocycles. The molecule has 0 radical (unpaired) electrons. The van der Waals surface area contributed by atoms with Crippen LogP contribution in [0.5, 0.6) is 5.75 Å². The van der Waals surface area contributed by atoms with Crippen molar-refractivity contribution in [1.29, 1.82) is 0 Å². The number of aryl methyl sites for hydroxylation is 1. The van der Waals surface area contributed by atoms with Gasteiger partial charge in [-0.1, -0.05) is 19.1 Å². The maximum atomic E-state index is 5.32. The Balaban J connectivity index is 2.12. The van der Waals surface area contributed by atoms with E-state index in [4.69, 9.17) is 4.74 Å². The molecular formula is C15H23NO. The van der Waals surface area contributed by atoms with Crippen LogP contribution in [0.3, 0.4) is 0 Å². The van der Waals surface area contributed by atoms with Crippen molar-refractivity contribution in [2.75, 3.05) is 20.2 Å². The summed E-state index contributed by atoms with van der Waals surface area (Å²) in [6.07, 6.45) is 2.60. The fraction of sp³-hybridized carbons (Fsp3) is 0.600. The predicted octanol–water partition coefficient (Wildman–Crippen LogP) is 3.11. The number of hydrogen-bond donors (Lipinski definition) is 1. The highest BCUT2D eigenvalue weighted by Crippen LogP contribution is 2.32. The Hall–Kier alpha value is -1.02. The van der Waals surface area contributed by atoms with Crippen LogP contribution in [-0.4, -0.2) is 20.2 Å². The van der Waals surface area contributed by atoms with Crippen molar-refractivity contribution in [2.45, 2.75) is 32.6 Å². The van der Waals surface area contributed by atoms with Gasteiger partial charge in [0.2, 0.25) is 0 Å². The van der Waals surface area contributed by atoms with E-state index in [-0.39, 0.29) is 0 Å². The van der Waals surface area contributed by atoms with Gasteiger partial charge in [0.15, 0.2) is 0 Å².